The lowest BCUT2D eigenvalue weighted by atomic mass is 10.2. The van der Waals surface area contributed by atoms with Gasteiger partial charge in [-0.05, 0) is 31.4 Å². The molecule has 8 nitrogen and oxygen atoms in total. The number of rotatable bonds is 7. The van der Waals surface area contributed by atoms with Gasteiger partial charge in [-0.1, -0.05) is 35.5 Å². The second kappa shape index (κ2) is 8.57. The van der Waals surface area contributed by atoms with Crippen LogP contribution in [0.2, 0.25) is 0 Å². The van der Waals surface area contributed by atoms with Crippen molar-refractivity contribution in [2.45, 2.75) is 38.8 Å². The first kappa shape index (κ1) is 19.3. The maximum atomic E-state index is 13.0. The molecule has 1 aromatic carbocycles. The number of hydrogen-bond acceptors (Lipinski definition) is 6. The summed E-state index contributed by atoms with van der Waals surface area (Å²) in [5.41, 5.74) is 2.53. The lowest BCUT2D eigenvalue weighted by molar-refractivity contribution is 0.0699. The molecule has 2 aromatic heterocycles. The van der Waals surface area contributed by atoms with Gasteiger partial charge in [-0.3, -0.25) is 9.48 Å². The van der Waals surface area contributed by atoms with Gasteiger partial charge < -0.3 is 14.2 Å². The normalized spacial score (nSPS) is 16.5. The Hall–Kier alpha value is -3.00. The Morgan fingerprint density at radius 3 is 2.90 bits per heavy atom. The first-order valence-electron chi connectivity index (χ1n) is 9.87. The largest absolute Gasteiger partial charge is 0.376 e. The highest BCUT2D eigenvalue weighted by Gasteiger charge is 2.35. The molecule has 8 heteroatoms. The zero-order valence-electron chi connectivity index (χ0n) is 16.7. The minimum atomic E-state index is -0.191. The maximum Gasteiger partial charge on any atom is 0.272 e. The summed E-state index contributed by atoms with van der Waals surface area (Å²) in [7, 11) is 1.78. The van der Waals surface area contributed by atoms with E-state index in [1.807, 2.05) is 37.3 Å². The molecule has 1 aliphatic rings. The second-order valence-corrected chi connectivity index (χ2v) is 7.29. The van der Waals surface area contributed by atoms with E-state index in [9.17, 15) is 4.79 Å². The number of hydrogen-bond donors (Lipinski definition) is 0. The first-order chi connectivity index (χ1) is 14.1. The van der Waals surface area contributed by atoms with Crippen LogP contribution in [0.4, 0.5) is 0 Å². The van der Waals surface area contributed by atoms with Gasteiger partial charge >= 0.3 is 0 Å². The van der Waals surface area contributed by atoms with Gasteiger partial charge in [0.2, 0.25) is 5.89 Å². The number of carbonyl (C=O) groups excluding carboxylic acids is 1. The fourth-order valence-corrected chi connectivity index (χ4v) is 3.66. The molecule has 152 valence electrons. The van der Waals surface area contributed by atoms with E-state index in [1.165, 1.54) is 0 Å². The predicted octanol–water partition coefficient (Wildman–Crippen LogP) is 2.85. The molecule has 0 N–H and O–H groups in total. The molecule has 3 aromatic rings. The average molecular weight is 395 g/mol. The number of likely N-dealkylation sites (tertiary alicyclic amines) is 1. The minimum absolute atomic E-state index is 0.0541. The van der Waals surface area contributed by atoms with Gasteiger partial charge in [0.1, 0.15) is 11.7 Å². The lowest BCUT2D eigenvalue weighted by Gasteiger charge is -2.21. The minimum Gasteiger partial charge on any atom is -0.376 e. The van der Waals surface area contributed by atoms with Crippen molar-refractivity contribution in [1.82, 2.24) is 24.8 Å². The molecule has 4 rings (SSSR count). The van der Waals surface area contributed by atoms with Crippen molar-refractivity contribution in [1.29, 1.82) is 0 Å². The van der Waals surface area contributed by atoms with Crippen LogP contribution in [0.5, 0.6) is 0 Å². The Balaban J connectivity index is 1.35. The molecule has 0 saturated carbocycles. The summed E-state index contributed by atoms with van der Waals surface area (Å²) in [6, 6.07) is 11.6. The third-order valence-electron chi connectivity index (χ3n) is 5.09. The van der Waals surface area contributed by atoms with Crippen LogP contribution in [-0.2, 0) is 24.8 Å². The summed E-state index contributed by atoms with van der Waals surface area (Å²) in [5.74, 6) is 1.04. The number of amides is 1. The van der Waals surface area contributed by atoms with Crippen LogP contribution >= 0.6 is 0 Å². The lowest BCUT2D eigenvalue weighted by Crippen LogP contribution is -2.32. The molecular weight excluding hydrogens is 370 g/mol. The molecule has 1 aliphatic heterocycles. The molecule has 1 atom stereocenters. The maximum absolute atomic E-state index is 13.0. The third-order valence-corrected chi connectivity index (χ3v) is 5.09. The van der Waals surface area contributed by atoms with Gasteiger partial charge in [-0.15, -0.1) is 0 Å². The van der Waals surface area contributed by atoms with E-state index in [0.29, 0.717) is 43.6 Å². The number of aromatic nitrogens is 4. The Kier molecular flexibility index (Phi) is 5.71. The van der Waals surface area contributed by atoms with E-state index in [-0.39, 0.29) is 11.9 Å². The number of ether oxygens (including phenoxy) is 1. The quantitative estimate of drug-likeness (QED) is 0.572. The Morgan fingerprint density at radius 2 is 2.14 bits per heavy atom. The third kappa shape index (κ3) is 4.37. The van der Waals surface area contributed by atoms with E-state index < -0.39 is 0 Å². The van der Waals surface area contributed by atoms with Crippen LogP contribution in [0.3, 0.4) is 0 Å². The van der Waals surface area contributed by atoms with Crippen LogP contribution in [-0.4, -0.2) is 43.9 Å². The highest BCUT2D eigenvalue weighted by atomic mass is 16.5. The fourth-order valence-electron chi connectivity index (χ4n) is 3.66. The van der Waals surface area contributed by atoms with E-state index in [2.05, 4.69) is 15.2 Å². The SMILES string of the molecule is Cc1cc(C(=O)N2CCCC2c2nc(CCOCc3ccccc3)no2)n(C)n1. The molecule has 3 heterocycles. The van der Waals surface area contributed by atoms with Crippen molar-refractivity contribution in [3.8, 4) is 0 Å². The van der Waals surface area contributed by atoms with Gasteiger partial charge in [-0.2, -0.15) is 10.1 Å². The van der Waals surface area contributed by atoms with E-state index in [4.69, 9.17) is 9.26 Å². The molecule has 0 aliphatic carbocycles. The highest BCUT2D eigenvalue weighted by Crippen LogP contribution is 2.32. The number of carbonyl (C=O) groups is 1. The molecule has 1 amide bonds. The molecule has 0 radical (unpaired) electrons. The Labute approximate surface area is 169 Å². The number of benzene rings is 1. The summed E-state index contributed by atoms with van der Waals surface area (Å²) in [4.78, 5) is 19.3. The van der Waals surface area contributed by atoms with Gasteiger partial charge in [0, 0.05) is 20.0 Å². The van der Waals surface area contributed by atoms with Crippen LogP contribution in [0.25, 0.3) is 0 Å². The molecule has 0 bridgehead atoms. The Bertz CT molecular complexity index is 966. The predicted molar refractivity (Wildman–Crippen MR) is 105 cm³/mol. The molecule has 1 saturated heterocycles. The zero-order valence-corrected chi connectivity index (χ0v) is 16.7. The molecule has 0 spiro atoms. The van der Waals surface area contributed by atoms with Crippen molar-refractivity contribution in [3.63, 3.8) is 0 Å². The van der Waals surface area contributed by atoms with E-state index in [1.54, 1.807) is 22.7 Å². The van der Waals surface area contributed by atoms with Gasteiger partial charge in [-0.25, -0.2) is 0 Å². The van der Waals surface area contributed by atoms with Crippen LogP contribution in [0.15, 0.2) is 40.9 Å². The second-order valence-electron chi connectivity index (χ2n) is 7.29. The average Bonchev–Trinajstić information content (AvgIpc) is 3.45. The summed E-state index contributed by atoms with van der Waals surface area (Å²) >= 11 is 0. The van der Waals surface area contributed by atoms with Crippen molar-refractivity contribution in [3.05, 3.63) is 65.1 Å². The molecule has 29 heavy (non-hydrogen) atoms. The van der Waals surface area contributed by atoms with Crippen LogP contribution < -0.4 is 0 Å². The van der Waals surface area contributed by atoms with E-state index in [0.717, 1.165) is 24.1 Å². The number of nitrogens with zero attached hydrogens (tertiary/aromatic N) is 5. The van der Waals surface area contributed by atoms with Crippen molar-refractivity contribution in [2.24, 2.45) is 7.05 Å². The highest BCUT2D eigenvalue weighted by molar-refractivity contribution is 5.93. The van der Waals surface area contributed by atoms with Crippen molar-refractivity contribution >= 4 is 5.91 Å². The summed E-state index contributed by atoms with van der Waals surface area (Å²) in [6.45, 7) is 3.62. The first-order valence-corrected chi connectivity index (χ1v) is 9.87. The van der Waals surface area contributed by atoms with Crippen LogP contribution in [0, 0.1) is 6.92 Å². The number of aryl methyl sites for hydroxylation is 2. The van der Waals surface area contributed by atoms with Gasteiger partial charge in [0.25, 0.3) is 5.91 Å². The zero-order chi connectivity index (χ0) is 20.2. The molecule has 1 unspecified atom stereocenters. The van der Waals surface area contributed by atoms with E-state index >= 15 is 0 Å². The smallest absolute Gasteiger partial charge is 0.272 e. The topological polar surface area (TPSA) is 86.3 Å². The summed E-state index contributed by atoms with van der Waals surface area (Å²) < 4.78 is 12.8. The standard InChI is InChI=1S/C21H25N5O3/c1-15-13-18(25(2)23-15)21(27)26-11-6-9-17(26)20-22-19(24-29-20)10-12-28-14-16-7-4-3-5-8-16/h3-5,7-8,13,17H,6,9-12,14H2,1-2H3. The molecule has 1 fully saturated rings. The Morgan fingerprint density at radius 1 is 1.31 bits per heavy atom. The van der Waals surface area contributed by atoms with Gasteiger partial charge in [0.15, 0.2) is 5.82 Å². The van der Waals surface area contributed by atoms with Crippen molar-refractivity contribution in [2.75, 3.05) is 13.2 Å². The van der Waals surface area contributed by atoms with Crippen LogP contribution in [0.1, 0.15) is 52.3 Å². The summed E-state index contributed by atoms with van der Waals surface area (Å²) in [6.07, 6.45) is 2.29. The fraction of sp³-hybridized carbons (Fsp3) is 0.429. The van der Waals surface area contributed by atoms with Crippen molar-refractivity contribution < 1.29 is 14.1 Å². The van der Waals surface area contributed by atoms with Gasteiger partial charge in [0.05, 0.1) is 18.9 Å². The molecular formula is C21H25N5O3. The monoisotopic (exact) mass is 395 g/mol. The summed E-state index contributed by atoms with van der Waals surface area (Å²) in [5, 5.41) is 8.34.